The van der Waals surface area contributed by atoms with Gasteiger partial charge in [-0.15, -0.1) is 0 Å². The molecule has 0 aromatic heterocycles. The van der Waals surface area contributed by atoms with Gasteiger partial charge in [-0.2, -0.15) is 0 Å². The van der Waals surface area contributed by atoms with Crippen LogP contribution in [-0.4, -0.2) is 37.2 Å². The molecule has 5 heteroatoms. The van der Waals surface area contributed by atoms with E-state index < -0.39 is 0 Å². The minimum Gasteiger partial charge on any atom is -0.466 e. The number of carbonyl (C=O) groups excluding carboxylic acids is 1. The molecule has 0 radical (unpaired) electrons. The fourth-order valence-electron chi connectivity index (χ4n) is 3.44. The lowest BCUT2D eigenvalue weighted by Crippen LogP contribution is -2.25. The highest BCUT2D eigenvalue weighted by Crippen LogP contribution is 2.31. The van der Waals surface area contributed by atoms with Crippen LogP contribution < -0.4 is 0 Å². The van der Waals surface area contributed by atoms with Crippen LogP contribution in [0.15, 0.2) is 24.3 Å². The van der Waals surface area contributed by atoms with E-state index >= 15 is 0 Å². The second kappa shape index (κ2) is 11.5. The van der Waals surface area contributed by atoms with Crippen LogP contribution in [0.3, 0.4) is 0 Å². The van der Waals surface area contributed by atoms with Crippen molar-refractivity contribution in [2.45, 2.75) is 78.1 Å². The average molecular weight is 393 g/mol. The molecule has 2 unspecified atom stereocenters. The van der Waals surface area contributed by atoms with Gasteiger partial charge in [0.15, 0.2) is 6.29 Å². The Morgan fingerprint density at radius 3 is 2.86 bits per heavy atom. The van der Waals surface area contributed by atoms with E-state index in [1.165, 1.54) is 0 Å². The zero-order valence-corrected chi connectivity index (χ0v) is 17.6. The Hall–Kier alpha value is -1.43. The van der Waals surface area contributed by atoms with E-state index in [2.05, 4.69) is 19.9 Å². The van der Waals surface area contributed by atoms with Gasteiger partial charge in [-0.25, -0.2) is 0 Å². The van der Waals surface area contributed by atoms with E-state index in [0.29, 0.717) is 6.61 Å². The molecule has 0 bridgehead atoms. The predicted octanol–water partition coefficient (Wildman–Crippen LogP) is 4.57. The summed E-state index contributed by atoms with van der Waals surface area (Å²) in [5.41, 5.74) is 1.92. The Morgan fingerprint density at radius 1 is 1.36 bits per heavy atom. The molecule has 1 saturated heterocycles. The molecule has 1 aliphatic rings. The molecule has 1 aromatic rings. The first kappa shape index (κ1) is 22.9. The van der Waals surface area contributed by atoms with Gasteiger partial charge >= 0.3 is 5.97 Å². The van der Waals surface area contributed by atoms with Crippen molar-refractivity contribution in [2.75, 3.05) is 19.8 Å². The summed E-state index contributed by atoms with van der Waals surface area (Å²) in [6.45, 7) is 7.29. The third kappa shape index (κ3) is 7.90. The fraction of sp³-hybridized carbons (Fsp3) is 0.696. The van der Waals surface area contributed by atoms with Crippen molar-refractivity contribution in [1.29, 1.82) is 0 Å². The zero-order valence-electron chi connectivity index (χ0n) is 17.6. The van der Waals surface area contributed by atoms with E-state index in [0.717, 1.165) is 56.3 Å². The van der Waals surface area contributed by atoms with Crippen molar-refractivity contribution in [3.63, 3.8) is 0 Å². The first-order valence-corrected chi connectivity index (χ1v) is 10.6. The van der Waals surface area contributed by atoms with Gasteiger partial charge in [0.1, 0.15) is 0 Å². The van der Waals surface area contributed by atoms with Crippen LogP contribution in [0.2, 0.25) is 0 Å². The summed E-state index contributed by atoms with van der Waals surface area (Å²) in [6, 6.07) is 8.02. The van der Waals surface area contributed by atoms with Gasteiger partial charge in [-0.1, -0.05) is 38.1 Å². The monoisotopic (exact) mass is 392 g/mol. The van der Waals surface area contributed by atoms with Gasteiger partial charge < -0.3 is 19.3 Å². The highest BCUT2D eigenvalue weighted by molar-refractivity contribution is 5.72. The van der Waals surface area contributed by atoms with Crippen LogP contribution in [0.25, 0.3) is 0 Å². The minimum absolute atomic E-state index is 0.0836. The summed E-state index contributed by atoms with van der Waals surface area (Å²) < 4.78 is 17.2. The standard InChI is InChI=1S/C23H36O5/c1-4-26-21(25)16-18-9-7-10-19(15-18)20(11-8-13-23(2,3)17-24)28-22-12-5-6-14-27-22/h7,9-10,15,20,22,24H,4-6,8,11-14,16-17H2,1-3H3. The van der Waals surface area contributed by atoms with E-state index in [1.54, 1.807) is 0 Å². The number of carbonyl (C=O) groups is 1. The Labute approximate surface area is 169 Å². The van der Waals surface area contributed by atoms with E-state index in [1.807, 2.05) is 25.1 Å². The quantitative estimate of drug-likeness (QED) is 0.559. The van der Waals surface area contributed by atoms with Crippen LogP contribution in [0.4, 0.5) is 0 Å². The number of aliphatic hydroxyl groups is 1. The Kier molecular flexibility index (Phi) is 9.42. The number of ether oxygens (including phenoxy) is 3. The van der Waals surface area contributed by atoms with Crippen molar-refractivity contribution < 1.29 is 24.1 Å². The molecule has 0 aliphatic carbocycles. The fourth-order valence-corrected chi connectivity index (χ4v) is 3.44. The van der Waals surface area contributed by atoms with Crippen molar-refractivity contribution in [1.82, 2.24) is 0 Å². The second-order valence-corrected chi connectivity index (χ2v) is 8.36. The summed E-state index contributed by atoms with van der Waals surface area (Å²) in [5.74, 6) is -0.211. The van der Waals surface area contributed by atoms with Crippen molar-refractivity contribution in [3.8, 4) is 0 Å². The second-order valence-electron chi connectivity index (χ2n) is 8.36. The normalized spacial score (nSPS) is 18.6. The molecule has 1 aromatic carbocycles. The average Bonchev–Trinajstić information content (AvgIpc) is 2.68. The minimum atomic E-state index is -0.211. The van der Waals surface area contributed by atoms with E-state index in [4.69, 9.17) is 14.2 Å². The predicted molar refractivity (Wildman–Crippen MR) is 109 cm³/mol. The van der Waals surface area contributed by atoms with E-state index in [9.17, 15) is 9.90 Å². The lowest BCUT2D eigenvalue weighted by molar-refractivity contribution is -0.191. The molecule has 2 atom stereocenters. The molecular weight excluding hydrogens is 356 g/mol. The molecule has 1 heterocycles. The summed E-state index contributed by atoms with van der Waals surface area (Å²) in [5, 5.41) is 9.51. The highest BCUT2D eigenvalue weighted by atomic mass is 16.7. The summed E-state index contributed by atoms with van der Waals surface area (Å²) in [6.07, 6.45) is 5.88. The molecule has 158 valence electrons. The van der Waals surface area contributed by atoms with Gasteiger partial charge in [-0.3, -0.25) is 4.79 Å². The van der Waals surface area contributed by atoms with Crippen molar-refractivity contribution in [3.05, 3.63) is 35.4 Å². The van der Waals surface area contributed by atoms with E-state index in [-0.39, 0.29) is 36.8 Å². The highest BCUT2D eigenvalue weighted by Gasteiger charge is 2.23. The largest absolute Gasteiger partial charge is 0.466 e. The van der Waals surface area contributed by atoms with Gasteiger partial charge in [0, 0.05) is 13.2 Å². The molecule has 1 aliphatic heterocycles. The number of aliphatic hydroxyl groups excluding tert-OH is 1. The third-order valence-corrected chi connectivity index (χ3v) is 5.18. The maximum Gasteiger partial charge on any atom is 0.310 e. The molecule has 28 heavy (non-hydrogen) atoms. The van der Waals surface area contributed by atoms with Crippen LogP contribution >= 0.6 is 0 Å². The van der Waals surface area contributed by atoms with Crippen LogP contribution in [-0.2, 0) is 25.4 Å². The number of hydrogen-bond acceptors (Lipinski definition) is 5. The summed E-state index contributed by atoms with van der Waals surface area (Å²) >= 11 is 0. The molecule has 0 amide bonds. The molecule has 0 saturated carbocycles. The number of rotatable bonds is 11. The zero-order chi connectivity index (χ0) is 20.4. The summed E-state index contributed by atoms with van der Waals surface area (Å²) in [4.78, 5) is 11.8. The van der Waals surface area contributed by atoms with Crippen molar-refractivity contribution in [2.24, 2.45) is 5.41 Å². The number of hydrogen-bond donors (Lipinski definition) is 1. The van der Waals surface area contributed by atoms with Gasteiger partial charge in [0.25, 0.3) is 0 Å². The lowest BCUT2D eigenvalue weighted by Gasteiger charge is -2.29. The maximum atomic E-state index is 11.8. The van der Waals surface area contributed by atoms with Crippen LogP contribution in [0.5, 0.6) is 0 Å². The maximum absolute atomic E-state index is 11.8. The molecule has 5 nitrogen and oxygen atoms in total. The van der Waals surface area contributed by atoms with Crippen LogP contribution in [0, 0.1) is 5.41 Å². The Balaban J connectivity index is 2.07. The van der Waals surface area contributed by atoms with Gasteiger partial charge in [0.05, 0.1) is 19.1 Å². The Morgan fingerprint density at radius 2 is 2.18 bits per heavy atom. The lowest BCUT2D eigenvalue weighted by atomic mass is 9.87. The van der Waals surface area contributed by atoms with Crippen molar-refractivity contribution >= 4 is 5.97 Å². The molecule has 1 fully saturated rings. The SMILES string of the molecule is CCOC(=O)Cc1cccc(C(CCCC(C)(C)CO)OC2CCCCO2)c1. The van der Waals surface area contributed by atoms with Crippen LogP contribution in [0.1, 0.15) is 76.5 Å². The number of esters is 1. The smallest absolute Gasteiger partial charge is 0.310 e. The molecule has 2 rings (SSSR count). The number of benzene rings is 1. The molecule has 0 spiro atoms. The summed E-state index contributed by atoms with van der Waals surface area (Å²) in [7, 11) is 0. The van der Waals surface area contributed by atoms with Gasteiger partial charge in [0.2, 0.25) is 0 Å². The third-order valence-electron chi connectivity index (χ3n) is 5.18. The molecular formula is C23H36O5. The first-order chi connectivity index (χ1) is 13.4. The topological polar surface area (TPSA) is 65.0 Å². The first-order valence-electron chi connectivity index (χ1n) is 10.6. The van der Waals surface area contributed by atoms with Gasteiger partial charge in [-0.05, 0) is 62.0 Å². The Bertz CT molecular complexity index is 592. The molecule has 1 N–H and O–H groups in total.